The molecule has 2 aliphatic carbocycles. The van der Waals surface area contributed by atoms with Gasteiger partial charge in [-0.1, -0.05) is 42.3 Å². The highest BCUT2D eigenvalue weighted by atomic mass is 16.5. The molecule has 110 valence electrons. The van der Waals surface area contributed by atoms with Crippen LogP contribution in [0.15, 0.2) is 28.8 Å². The van der Waals surface area contributed by atoms with E-state index in [-0.39, 0.29) is 12.0 Å². The Labute approximate surface area is 124 Å². The molecule has 4 nitrogen and oxygen atoms in total. The van der Waals surface area contributed by atoms with Crippen molar-refractivity contribution in [2.75, 3.05) is 0 Å². The molecule has 2 N–H and O–H groups in total. The van der Waals surface area contributed by atoms with Gasteiger partial charge in [-0.3, -0.25) is 0 Å². The summed E-state index contributed by atoms with van der Waals surface area (Å²) in [6.45, 7) is 0. The van der Waals surface area contributed by atoms with Crippen LogP contribution in [0.5, 0.6) is 0 Å². The number of rotatable bonds is 2. The minimum absolute atomic E-state index is 0.174. The normalized spacial score (nSPS) is 26.0. The third-order valence-electron chi connectivity index (χ3n) is 5.01. The smallest absolute Gasteiger partial charge is 0.231 e. The lowest BCUT2D eigenvalue weighted by Gasteiger charge is -2.25. The van der Waals surface area contributed by atoms with Crippen molar-refractivity contribution in [3.8, 4) is 0 Å². The predicted octanol–water partition coefficient (Wildman–Crippen LogP) is 2.94. The zero-order chi connectivity index (χ0) is 14.2. The monoisotopic (exact) mass is 283 g/mol. The van der Waals surface area contributed by atoms with Crippen molar-refractivity contribution in [3.63, 3.8) is 0 Å². The van der Waals surface area contributed by atoms with Crippen LogP contribution in [-0.2, 0) is 12.8 Å². The lowest BCUT2D eigenvalue weighted by atomic mass is 9.85. The highest BCUT2D eigenvalue weighted by Gasteiger charge is 2.31. The molecule has 1 aromatic heterocycles. The molecular formula is C17H21N3O. The molecule has 1 fully saturated rings. The summed E-state index contributed by atoms with van der Waals surface area (Å²) in [5.41, 5.74) is 9.05. The Balaban J connectivity index is 1.53. The van der Waals surface area contributed by atoms with Crippen LogP contribution in [0, 0.1) is 0 Å². The number of fused-ring (bicyclic) bond motifs is 1. The molecule has 21 heavy (non-hydrogen) atoms. The van der Waals surface area contributed by atoms with Crippen LogP contribution in [-0.4, -0.2) is 16.2 Å². The fourth-order valence-electron chi connectivity index (χ4n) is 3.77. The van der Waals surface area contributed by atoms with E-state index in [1.165, 1.54) is 24.0 Å². The van der Waals surface area contributed by atoms with Crippen molar-refractivity contribution < 1.29 is 4.52 Å². The second-order valence-electron chi connectivity index (χ2n) is 6.42. The molecule has 4 heteroatoms. The highest BCUT2D eigenvalue weighted by molar-refractivity contribution is 5.34. The van der Waals surface area contributed by atoms with E-state index < -0.39 is 0 Å². The molecule has 0 spiro atoms. The molecule has 2 aliphatic rings. The average Bonchev–Trinajstić information content (AvgIpc) is 3.14. The fraction of sp³-hybridized carbons (Fsp3) is 0.529. The summed E-state index contributed by atoms with van der Waals surface area (Å²) in [4.78, 5) is 4.69. The van der Waals surface area contributed by atoms with Crippen molar-refractivity contribution in [2.45, 2.75) is 56.4 Å². The van der Waals surface area contributed by atoms with Crippen LogP contribution in [0.1, 0.15) is 60.4 Å². The van der Waals surface area contributed by atoms with Crippen molar-refractivity contribution in [1.82, 2.24) is 10.1 Å². The SMILES string of the molecule is NC1CCCCC1c1nc(C2Cc3ccccc3C2)no1. The molecule has 0 aliphatic heterocycles. The first-order valence-electron chi connectivity index (χ1n) is 7.97. The molecule has 0 radical (unpaired) electrons. The van der Waals surface area contributed by atoms with E-state index in [1.54, 1.807) is 0 Å². The first kappa shape index (κ1) is 13.0. The van der Waals surface area contributed by atoms with E-state index in [9.17, 15) is 0 Å². The van der Waals surface area contributed by atoms with E-state index >= 15 is 0 Å². The molecule has 4 rings (SSSR count). The van der Waals surface area contributed by atoms with Gasteiger partial charge in [-0.25, -0.2) is 0 Å². The first-order valence-corrected chi connectivity index (χ1v) is 7.97. The molecule has 2 unspecified atom stereocenters. The predicted molar refractivity (Wildman–Crippen MR) is 80.1 cm³/mol. The number of aromatic nitrogens is 2. The molecule has 2 aromatic rings. The van der Waals surface area contributed by atoms with E-state index in [1.807, 2.05) is 0 Å². The highest BCUT2D eigenvalue weighted by Crippen LogP contribution is 2.35. The minimum Gasteiger partial charge on any atom is -0.339 e. The van der Waals surface area contributed by atoms with Gasteiger partial charge in [-0.2, -0.15) is 4.98 Å². The summed E-state index contributed by atoms with van der Waals surface area (Å²) >= 11 is 0. The van der Waals surface area contributed by atoms with Crippen LogP contribution in [0.25, 0.3) is 0 Å². The largest absolute Gasteiger partial charge is 0.339 e. The molecule has 0 amide bonds. The van der Waals surface area contributed by atoms with Crippen molar-refractivity contribution >= 4 is 0 Å². The van der Waals surface area contributed by atoms with Crippen LogP contribution in [0.4, 0.5) is 0 Å². The summed E-state index contributed by atoms with van der Waals surface area (Å²) in [7, 11) is 0. The van der Waals surface area contributed by atoms with Gasteiger partial charge in [0.1, 0.15) is 0 Å². The first-order chi connectivity index (χ1) is 10.3. The number of hydrogen-bond acceptors (Lipinski definition) is 4. The second-order valence-corrected chi connectivity index (χ2v) is 6.42. The number of nitrogens with two attached hydrogens (primary N) is 1. The Bertz CT molecular complexity index is 611. The van der Waals surface area contributed by atoms with Gasteiger partial charge in [0.2, 0.25) is 5.89 Å². The van der Waals surface area contributed by atoms with E-state index in [0.717, 1.165) is 37.4 Å². The quantitative estimate of drug-likeness (QED) is 0.920. The Kier molecular flexibility index (Phi) is 3.26. The number of benzene rings is 1. The van der Waals surface area contributed by atoms with Crippen LogP contribution in [0.3, 0.4) is 0 Å². The summed E-state index contributed by atoms with van der Waals surface area (Å²) in [5, 5.41) is 4.25. The Morgan fingerprint density at radius 3 is 2.48 bits per heavy atom. The molecule has 2 atom stereocenters. The second kappa shape index (κ2) is 5.26. The van der Waals surface area contributed by atoms with Gasteiger partial charge in [0.25, 0.3) is 0 Å². The van der Waals surface area contributed by atoms with Crippen LogP contribution < -0.4 is 5.73 Å². The maximum Gasteiger partial charge on any atom is 0.231 e. The summed E-state index contributed by atoms with van der Waals surface area (Å²) in [6.07, 6.45) is 6.62. The number of nitrogens with zero attached hydrogens (tertiary/aromatic N) is 2. The third-order valence-corrected chi connectivity index (χ3v) is 5.01. The molecule has 0 saturated heterocycles. The van der Waals surface area contributed by atoms with Crippen molar-refractivity contribution in [3.05, 3.63) is 47.1 Å². The van der Waals surface area contributed by atoms with Gasteiger partial charge in [0.15, 0.2) is 5.82 Å². The third kappa shape index (κ3) is 2.38. The maximum atomic E-state index is 6.21. The van der Waals surface area contributed by atoms with Gasteiger partial charge in [0, 0.05) is 12.0 Å². The maximum absolute atomic E-state index is 6.21. The topological polar surface area (TPSA) is 64.9 Å². The van der Waals surface area contributed by atoms with E-state index in [2.05, 4.69) is 29.4 Å². The summed E-state index contributed by atoms with van der Waals surface area (Å²) in [5.74, 6) is 2.23. The molecule has 1 heterocycles. The van der Waals surface area contributed by atoms with Crippen LogP contribution >= 0.6 is 0 Å². The lowest BCUT2D eigenvalue weighted by Crippen LogP contribution is -2.31. The Morgan fingerprint density at radius 1 is 1.05 bits per heavy atom. The Morgan fingerprint density at radius 2 is 1.76 bits per heavy atom. The van der Waals surface area contributed by atoms with Crippen LogP contribution in [0.2, 0.25) is 0 Å². The van der Waals surface area contributed by atoms with Gasteiger partial charge >= 0.3 is 0 Å². The molecule has 1 aromatic carbocycles. The van der Waals surface area contributed by atoms with Crippen molar-refractivity contribution in [1.29, 1.82) is 0 Å². The van der Waals surface area contributed by atoms with E-state index in [4.69, 9.17) is 15.2 Å². The lowest BCUT2D eigenvalue weighted by molar-refractivity contribution is 0.288. The summed E-state index contributed by atoms with van der Waals surface area (Å²) in [6, 6.07) is 8.78. The molecule has 1 saturated carbocycles. The Hall–Kier alpha value is -1.68. The average molecular weight is 283 g/mol. The molecular weight excluding hydrogens is 262 g/mol. The standard InChI is InChI=1S/C17H21N3O/c18-15-8-4-3-7-14(15)17-19-16(20-21-17)13-9-11-5-1-2-6-12(11)10-13/h1-2,5-6,13-15H,3-4,7-10,18H2. The van der Waals surface area contributed by atoms with Gasteiger partial charge < -0.3 is 10.3 Å². The number of hydrogen-bond donors (Lipinski definition) is 1. The zero-order valence-electron chi connectivity index (χ0n) is 12.2. The van der Waals surface area contributed by atoms with Crippen molar-refractivity contribution in [2.24, 2.45) is 5.73 Å². The summed E-state index contributed by atoms with van der Waals surface area (Å²) < 4.78 is 5.54. The zero-order valence-corrected chi connectivity index (χ0v) is 12.2. The van der Waals surface area contributed by atoms with Gasteiger partial charge in [-0.15, -0.1) is 0 Å². The van der Waals surface area contributed by atoms with Gasteiger partial charge in [0.05, 0.1) is 5.92 Å². The van der Waals surface area contributed by atoms with Gasteiger partial charge in [-0.05, 0) is 36.8 Å². The minimum atomic E-state index is 0.174. The van der Waals surface area contributed by atoms with E-state index in [0.29, 0.717) is 5.92 Å². The molecule has 0 bridgehead atoms. The fourth-order valence-corrected chi connectivity index (χ4v) is 3.77.